The maximum absolute atomic E-state index is 4.08. The number of hydrogen-bond acceptors (Lipinski definition) is 0. The van der Waals surface area contributed by atoms with Gasteiger partial charge in [-0.2, -0.15) is 11.8 Å². The summed E-state index contributed by atoms with van der Waals surface area (Å²) in [7, 11) is 0. The molecule has 21 heavy (non-hydrogen) atoms. The Morgan fingerprint density at radius 2 is 1.00 bits per heavy atom. The van der Waals surface area contributed by atoms with Crippen LogP contribution < -0.4 is 0 Å². The number of rotatable bonds is 5. The number of hydrogen-bond donors (Lipinski definition) is 0. The van der Waals surface area contributed by atoms with Gasteiger partial charge in [-0.1, -0.05) is 39.5 Å². The molecule has 0 unspecified atom stereocenters. The number of unbranched alkanes of at least 4 members (excludes halogenated alkanes) is 1. The molecule has 10 radical (unpaired) electrons. The Morgan fingerprint density at radius 1 is 0.667 bits per heavy atom. The molecule has 1 heteroatoms. The van der Waals surface area contributed by atoms with Crippen LogP contribution in [-0.4, -0.2) is 0 Å². The van der Waals surface area contributed by atoms with Crippen molar-refractivity contribution in [3.8, 4) is 0 Å². The van der Waals surface area contributed by atoms with E-state index in [0.717, 1.165) is 6.42 Å². The van der Waals surface area contributed by atoms with Gasteiger partial charge in [-0.15, -0.1) is 0 Å². The van der Waals surface area contributed by atoms with Crippen molar-refractivity contribution in [2.24, 2.45) is 11.8 Å². The second-order valence-electron chi connectivity index (χ2n) is 5.00. The SMILES string of the molecule is [CH2-][C@@H](CC)[C@@H]([CH2-])CCCC.[CH]1[CH][CH][CH][CH]1.[CH]1[CH][CH][CH][CH]1.[Zr+2]. The fraction of sp³-hybridized carbons (Fsp3) is 0.400. The van der Waals surface area contributed by atoms with E-state index in [0.29, 0.717) is 11.8 Å². The van der Waals surface area contributed by atoms with Crippen molar-refractivity contribution in [1.29, 1.82) is 0 Å². The molecular formula is C20H30Zr. The van der Waals surface area contributed by atoms with Crippen LogP contribution in [0.25, 0.3) is 0 Å². The van der Waals surface area contributed by atoms with E-state index in [4.69, 9.17) is 0 Å². The zero-order chi connectivity index (χ0) is 15.1. The molecule has 0 bridgehead atoms. The Morgan fingerprint density at radius 3 is 1.24 bits per heavy atom. The fourth-order valence-electron chi connectivity index (χ4n) is 1.68. The molecular weight excluding hydrogens is 331 g/mol. The monoisotopic (exact) mass is 360 g/mol. The predicted octanol–water partition coefficient (Wildman–Crippen LogP) is 5.53. The average molecular weight is 362 g/mol. The Labute approximate surface area is 155 Å². The van der Waals surface area contributed by atoms with Crippen molar-refractivity contribution in [2.75, 3.05) is 0 Å². The van der Waals surface area contributed by atoms with Gasteiger partial charge in [0.25, 0.3) is 0 Å². The minimum Gasteiger partial charge on any atom is -0.342 e. The summed E-state index contributed by atoms with van der Waals surface area (Å²) in [6.45, 7) is 12.5. The molecule has 2 aliphatic rings. The van der Waals surface area contributed by atoms with Gasteiger partial charge in [-0.25, -0.2) is 0 Å². The van der Waals surface area contributed by atoms with E-state index in [1.165, 1.54) is 19.3 Å². The zero-order valence-electron chi connectivity index (χ0n) is 13.7. The second kappa shape index (κ2) is 18.9. The Hall–Kier alpha value is 0.883. The minimum absolute atomic E-state index is 0. The fourth-order valence-corrected chi connectivity index (χ4v) is 1.68. The predicted molar refractivity (Wildman–Crippen MR) is 90.5 cm³/mol. The summed E-state index contributed by atoms with van der Waals surface area (Å²) in [5.74, 6) is 1.14. The van der Waals surface area contributed by atoms with Crippen LogP contribution in [0.15, 0.2) is 0 Å². The molecule has 2 rings (SSSR count). The molecule has 0 aromatic heterocycles. The van der Waals surface area contributed by atoms with Gasteiger partial charge < -0.3 is 13.8 Å². The Balaban J connectivity index is 0. The van der Waals surface area contributed by atoms with Crippen molar-refractivity contribution < 1.29 is 26.2 Å². The van der Waals surface area contributed by atoms with Crippen LogP contribution in [0.1, 0.15) is 39.5 Å². The molecule has 2 atom stereocenters. The van der Waals surface area contributed by atoms with Crippen LogP contribution in [0.2, 0.25) is 0 Å². The maximum atomic E-state index is 4.08. The summed E-state index contributed by atoms with van der Waals surface area (Å²) in [6.07, 6.45) is 25.0. The molecule has 0 aromatic carbocycles. The normalized spacial score (nSPS) is 19.4. The Bertz CT molecular complexity index is 145. The Kier molecular flexibility index (Phi) is 21.8. The van der Waals surface area contributed by atoms with Gasteiger partial charge in [-0.3, -0.25) is 0 Å². The average Bonchev–Trinajstić information content (AvgIpc) is 3.21. The van der Waals surface area contributed by atoms with Crippen molar-refractivity contribution in [2.45, 2.75) is 39.5 Å². The van der Waals surface area contributed by atoms with Crippen molar-refractivity contribution in [3.05, 3.63) is 78.1 Å². The third kappa shape index (κ3) is 17.1. The molecule has 0 heterocycles. The summed E-state index contributed by atoms with van der Waals surface area (Å²) in [6, 6.07) is 0. The first kappa shape index (κ1) is 24.1. The largest absolute Gasteiger partial charge is 2.00 e. The van der Waals surface area contributed by atoms with E-state index < -0.39 is 0 Å². The second-order valence-corrected chi connectivity index (χ2v) is 5.00. The van der Waals surface area contributed by atoms with E-state index in [9.17, 15) is 0 Å². The summed E-state index contributed by atoms with van der Waals surface area (Å²) in [5, 5.41) is 0. The van der Waals surface area contributed by atoms with Crippen LogP contribution >= 0.6 is 0 Å². The molecule has 2 aliphatic carbocycles. The molecule has 2 fully saturated rings. The van der Waals surface area contributed by atoms with E-state index in [1.54, 1.807) is 0 Å². The van der Waals surface area contributed by atoms with Crippen LogP contribution in [0.3, 0.4) is 0 Å². The van der Waals surface area contributed by atoms with Crippen LogP contribution in [0.5, 0.6) is 0 Å². The third-order valence-corrected chi connectivity index (χ3v) is 3.23. The van der Waals surface area contributed by atoms with E-state index in [1.807, 2.05) is 64.2 Å². The summed E-state index contributed by atoms with van der Waals surface area (Å²) < 4.78 is 0. The van der Waals surface area contributed by atoms with Gasteiger partial charge in [0.1, 0.15) is 0 Å². The van der Waals surface area contributed by atoms with Gasteiger partial charge in [-0.05, 0) is 64.2 Å². The molecule has 0 spiro atoms. The van der Waals surface area contributed by atoms with Crippen LogP contribution in [-0.2, 0) is 26.2 Å². The first-order valence-electron chi connectivity index (χ1n) is 7.71. The molecule has 0 aliphatic heterocycles. The van der Waals surface area contributed by atoms with E-state index in [2.05, 4.69) is 27.7 Å². The summed E-state index contributed by atoms with van der Waals surface area (Å²) >= 11 is 0. The van der Waals surface area contributed by atoms with Gasteiger partial charge >= 0.3 is 26.2 Å². The molecule has 2 saturated carbocycles. The van der Waals surface area contributed by atoms with Gasteiger partial charge in [0, 0.05) is 0 Å². The molecule has 0 nitrogen and oxygen atoms in total. The summed E-state index contributed by atoms with van der Waals surface area (Å²) in [4.78, 5) is 0. The van der Waals surface area contributed by atoms with E-state index >= 15 is 0 Å². The maximum Gasteiger partial charge on any atom is 2.00 e. The van der Waals surface area contributed by atoms with Gasteiger partial charge in [0.05, 0.1) is 0 Å². The third-order valence-electron chi connectivity index (χ3n) is 3.23. The summed E-state index contributed by atoms with van der Waals surface area (Å²) in [5.41, 5.74) is 0. The quantitative estimate of drug-likeness (QED) is 0.565. The topological polar surface area (TPSA) is 0 Å². The van der Waals surface area contributed by atoms with Crippen molar-refractivity contribution in [3.63, 3.8) is 0 Å². The molecule has 0 saturated heterocycles. The van der Waals surface area contributed by atoms with Gasteiger partial charge in [0.15, 0.2) is 0 Å². The standard InChI is InChI=1S/C10H20.2C5H5.Zr/c1-5-7-8-10(4)9(3)6-2;2*1-2-4-5-3-1;/h9-10H,3-8H2,1-2H3;2*1-5H;/q-2;;;+2/t9-,10-;;;/m0.../s1. The van der Waals surface area contributed by atoms with Gasteiger partial charge in [0.2, 0.25) is 0 Å². The van der Waals surface area contributed by atoms with E-state index in [-0.39, 0.29) is 26.2 Å². The minimum atomic E-state index is 0. The molecule has 0 aromatic rings. The first-order chi connectivity index (χ1) is 9.72. The van der Waals surface area contributed by atoms with Crippen molar-refractivity contribution in [1.82, 2.24) is 0 Å². The van der Waals surface area contributed by atoms with Crippen LogP contribution in [0.4, 0.5) is 0 Å². The smallest absolute Gasteiger partial charge is 0.342 e. The van der Waals surface area contributed by atoms with Crippen molar-refractivity contribution >= 4 is 0 Å². The molecule has 0 N–H and O–H groups in total. The molecule has 0 amide bonds. The first-order valence-corrected chi connectivity index (χ1v) is 7.71. The zero-order valence-corrected chi connectivity index (χ0v) is 16.1. The van der Waals surface area contributed by atoms with Crippen LogP contribution in [0, 0.1) is 89.9 Å². The molecule has 114 valence electrons.